The van der Waals surface area contributed by atoms with Crippen molar-refractivity contribution in [3.8, 4) is 0 Å². The third-order valence-electron chi connectivity index (χ3n) is 36.6. The summed E-state index contributed by atoms with van der Waals surface area (Å²) < 4.78 is 36.1. The first-order valence-corrected chi connectivity index (χ1v) is 47.1. The molecule has 0 radical (unpaired) electrons. The zero-order chi connectivity index (χ0) is 83.5. The van der Waals surface area contributed by atoms with Gasteiger partial charge in [0.2, 0.25) is 0 Å². The number of rotatable bonds is 19. The van der Waals surface area contributed by atoms with Gasteiger partial charge in [-0.15, -0.1) is 0 Å². The van der Waals surface area contributed by atoms with Crippen molar-refractivity contribution >= 4 is 35.8 Å². The van der Waals surface area contributed by atoms with E-state index in [0.717, 1.165) is 136 Å². The van der Waals surface area contributed by atoms with Gasteiger partial charge in [0, 0.05) is 22.7 Å². The van der Waals surface area contributed by atoms with Gasteiger partial charge in [-0.2, -0.15) is 0 Å². The van der Waals surface area contributed by atoms with Gasteiger partial charge in [0.05, 0.1) is 32.5 Å². The fraction of sp³-hybridized carbons (Fsp3) is 0.940. The van der Waals surface area contributed by atoms with Gasteiger partial charge in [-0.05, 0) is 394 Å². The second-order valence-electron chi connectivity index (χ2n) is 46.8. The fourth-order valence-electron chi connectivity index (χ4n) is 25.4. The molecule has 12 heteroatoms. The first kappa shape index (κ1) is 92.7. The number of fused-ring (bicyclic) bond motifs is 11. The summed E-state index contributed by atoms with van der Waals surface area (Å²) in [5.74, 6) is 11.1. The summed E-state index contributed by atoms with van der Waals surface area (Å²) in [6, 6.07) is 0. The van der Waals surface area contributed by atoms with E-state index in [1.54, 1.807) is 0 Å². The Morgan fingerprint density at radius 2 is 0.768 bits per heavy atom. The van der Waals surface area contributed by atoms with Crippen LogP contribution in [0.1, 0.15) is 431 Å². The van der Waals surface area contributed by atoms with Gasteiger partial charge >= 0.3 is 35.8 Å². The van der Waals surface area contributed by atoms with Gasteiger partial charge in [-0.25, -0.2) is 0 Å². The van der Waals surface area contributed by atoms with Gasteiger partial charge < -0.3 is 28.4 Å². The zero-order valence-electron chi connectivity index (χ0n) is 77.6. The average Bonchev–Trinajstić information content (AvgIpc) is 1.53. The van der Waals surface area contributed by atoms with Crippen LogP contribution in [-0.2, 0) is 57.2 Å². The number of ether oxygens (including phenoxy) is 6. The Bertz CT molecular complexity index is 3240. The largest absolute Gasteiger partial charge is 0.459 e. The normalized spacial score (nSPS) is 38.9. The molecule has 19 unspecified atom stereocenters. The third kappa shape index (κ3) is 18.9. The van der Waals surface area contributed by atoms with E-state index >= 15 is 0 Å². The van der Waals surface area contributed by atoms with E-state index in [-0.39, 0.29) is 118 Å². The van der Waals surface area contributed by atoms with Crippen molar-refractivity contribution in [2.75, 3.05) is 0 Å². The van der Waals surface area contributed by atoms with Gasteiger partial charge in [0.1, 0.15) is 33.6 Å². The smallest absolute Gasteiger partial charge is 0.312 e. The van der Waals surface area contributed by atoms with Crippen LogP contribution in [0.5, 0.6) is 0 Å². The highest BCUT2D eigenvalue weighted by atomic mass is 16.6. The maximum absolute atomic E-state index is 12.5. The lowest BCUT2D eigenvalue weighted by atomic mass is 9.63. The summed E-state index contributed by atoms with van der Waals surface area (Å²) >= 11 is 0. The molecule has 15 saturated carbocycles. The van der Waals surface area contributed by atoms with Crippen LogP contribution in [0, 0.1) is 132 Å². The zero-order valence-corrected chi connectivity index (χ0v) is 77.6. The van der Waals surface area contributed by atoms with Crippen LogP contribution in [-0.4, -0.2) is 69.4 Å². The molecule has 0 aromatic heterocycles. The Labute approximate surface area is 685 Å². The predicted molar refractivity (Wildman–Crippen MR) is 453 cm³/mol. The highest BCUT2D eigenvalue weighted by Gasteiger charge is 2.70. The molecule has 0 N–H and O–H groups in total. The molecule has 15 aliphatic rings. The molecule has 10 bridgehead atoms. The number of carbonyl (C=O) groups excluding carboxylic acids is 6. The fourth-order valence-corrected chi connectivity index (χ4v) is 25.4. The molecular weight excluding hydrogens is 1390 g/mol. The van der Waals surface area contributed by atoms with Crippen LogP contribution < -0.4 is 0 Å². The molecule has 15 fully saturated rings. The summed E-state index contributed by atoms with van der Waals surface area (Å²) in [6.07, 6.45) is 44.7. The van der Waals surface area contributed by atoms with Gasteiger partial charge in [0.25, 0.3) is 0 Å². The molecule has 0 heterocycles. The molecule has 0 aliphatic heterocycles. The van der Waals surface area contributed by atoms with Crippen LogP contribution in [0.2, 0.25) is 0 Å². The van der Waals surface area contributed by atoms with E-state index in [4.69, 9.17) is 28.4 Å². The van der Waals surface area contributed by atoms with Gasteiger partial charge in [-0.3, -0.25) is 28.8 Å². The predicted octanol–water partition coefficient (Wildman–Crippen LogP) is 26.3. The molecule has 15 rings (SSSR count). The molecular formula is C100H172O12. The first-order valence-electron chi connectivity index (χ1n) is 47.1. The number of hydrogen-bond acceptors (Lipinski definition) is 12. The summed E-state index contributed by atoms with van der Waals surface area (Å²) in [5.41, 5.74) is -2.73. The minimum Gasteiger partial charge on any atom is -0.459 e. The van der Waals surface area contributed by atoms with E-state index in [1.807, 2.05) is 90.0 Å². The maximum Gasteiger partial charge on any atom is 0.312 e. The highest BCUT2D eigenvalue weighted by molar-refractivity contribution is 5.79. The van der Waals surface area contributed by atoms with Crippen molar-refractivity contribution in [3.63, 3.8) is 0 Å². The van der Waals surface area contributed by atoms with Crippen molar-refractivity contribution < 1.29 is 57.2 Å². The van der Waals surface area contributed by atoms with Crippen molar-refractivity contribution in [2.45, 2.75) is 465 Å². The number of carbonyl (C=O) groups is 6. The summed E-state index contributed by atoms with van der Waals surface area (Å²) in [5, 5.41) is 0. The second-order valence-corrected chi connectivity index (χ2v) is 46.8. The summed E-state index contributed by atoms with van der Waals surface area (Å²) in [7, 11) is 0. The minimum absolute atomic E-state index is 0.00345. The third-order valence-corrected chi connectivity index (χ3v) is 36.6. The second kappa shape index (κ2) is 34.1. The Kier molecular flexibility index (Phi) is 28.3. The quantitative estimate of drug-likeness (QED) is 0.0892. The van der Waals surface area contributed by atoms with Gasteiger partial charge in [0.15, 0.2) is 0 Å². The molecule has 0 amide bonds. The molecule has 12 nitrogen and oxygen atoms in total. The summed E-state index contributed by atoms with van der Waals surface area (Å²) in [4.78, 5) is 74.2. The molecule has 19 atom stereocenters. The molecule has 0 spiro atoms. The van der Waals surface area contributed by atoms with E-state index in [0.29, 0.717) is 23.7 Å². The Morgan fingerprint density at radius 3 is 1.26 bits per heavy atom. The SMILES string of the molecule is CCC(C)(C)C(=O)OC(C)(C)C12CC3CC(CC1C3)C2.CCC(C)(C)C(=O)OC1(C)CC2CC1C1CCCC21.CCC(C)(C)C(=O)OC1(C)CC2CCC1(C)C2(C)C.CCC(C)(C)C(=O)OC1(C)CC2CCC1C2.CCC(C)(C)C(=O)OC1(C)CCC2CCCCC2C1.CCC(C)(C)C(=O)OC1(C)CCCC2CCCCC21. The standard InChI is InChI=1S/C18H30O2.C17H28O2.3C17H30O2.C14H24O2/c1-6-16(2,3)15(19)20-17(4,5)18-10-12-7-13(11-18)9-14(18)8-12;1-5-16(2,3)15(18)19-17(4)10-11-9-14(17)13-8-6-7-12(11)13;1-8-14(2,3)13(18)19-17(7)11-12-9-10-16(17,6)15(12,4)5;1-5-16(2,3)15(18)19-17(4)12-8-10-13-9-6-7-11-14(13)17;1-5-16(2,3)15(18)19-17(4)11-10-13-8-6-7-9-14(13)12-17;1-5-13(2,3)12(15)16-14(4)9-10-6-7-11(14)8-10/h12-14H,6-11H2,1-5H3;11-14H,5-10H2,1-4H3;12H,8-11H2,1-7H3;2*13-14H,5-12H2,1-4H3;10-11H,5-9H2,1-4H3. The minimum atomic E-state index is -0.370. The van der Waals surface area contributed by atoms with Crippen LogP contribution in [0.25, 0.3) is 0 Å². The maximum atomic E-state index is 12.5. The van der Waals surface area contributed by atoms with Gasteiger partial charge in [-0.1, -0.05) is 114 Å². The topological polar surface area (TPSA) is 158 Å². The average molecular weight is 1570 g/mol. The van der Waals surface area contributed by atoms with Crippen molar-refractivity contribution in [2.24, 2.45) is 132 Å². The lowest BCUT2D eigenvalue weighted by Gasteiger charge is -2.48. The van der Waals surface area contributed by atoms with E-state index in [9.17, 15) is 28.8 Å². The van der Waals surface area contributed by atoms with Crippen LogP contribution in [0.4, 0.5) is 0 Å². The lowest BCUT2D eigenvalue weighted by molar-refractivity contribution is -0.186. The van der Waals surface area contributed by atoms with Crippen molar-refractivity contribution in [3.05, 3.63) is 0 Å². The molecule has 0 aromatic carbocycles. The number of hydrogen-bond donors (Lipinski definition) is 0. The molecule has 15 aliphatic carbocycles. The van der Waals surface area contributed by atoms with Crippen molar-refractivity contribution in [1.29, 1.82) is 0 Å². The first-order chi connectivity index (χ1) is 51.7. The Morgan fingerprint density at radius 1 is 0.312 bits per heavy atom. The van der Waals surface area contributed by atoms with E-state index in [1.165, 1.54) is 161 Å². The molecule has 112 heavy (non-hydrogen) atoms. The van der Waals surface area contributed by atoms with Crippen LogP contribution in [0.3, 0.4) is 0 Å². The monoisotopic (exact) mass is 1570 g/mol. The lowest BCUT2D eigenvalue weighted by Crippen LogP contribution is -2.49. The van der Waals surface area contributed by atoms with Crippen molar-refractivity contribution in [1.82, 2.24) is 0 Å². The van der Waals surface area contributed by atoms with Crippen LogP contribution >= 0.6 is 0 Å². The highest BCUT2D eigenvalue weighted by Crippen LogP contribution is 2.72. The van der Waals surface area contributed by atoms with Crippen LogP contribution in [0.15, 0.2) is 0 Å². The Hall–Kier alpha value is -3.18. The molecule has 0 aromatic rings. The van der Waals surface area contributed by atoms with E-state index < -0.39 is 0 Å². The number of esters is 6. The Balaban J connectivity index is 0.000000154. The molecule has 644 valence electrons. The summed E-state index contributed by atoms with van der Waals surface area (Å²) in [6.45, 7) is 58.5. The molecule has 0 saturated heterocycles. The van der Waals surface area contributed by atoms with E-state index in [2.05, 4.69) is 104 Å².